The van der Waals surface area contributed by atoms with Crippen molar-refractivity contribution in [3.63, 3.8) is 0 Å². The molecule has 0 unspecified atom stereocenters. The van der Waals surface area contributed by atoms with Gasteiger partial charge in [0.15, 0.2) is 0 Å². The largest absolute Gasteiger partial charge is 0.465 e. The zero-order chi connectivity index (χ0) is 18.7. The Bertz CT molecular complexity index is 850. The van der Waals surface area contributed by atoms with Gasteiger partial charge in [0.25, 0.3) is 5.91 Å². The third-order valence-corrected chi connectivity index (χ3v) is 4.66. The zero-order valence-electron chi connectivity index (χ0n) is 14.7. The third-order valence-electron chi connectivity index (χ3n) is 4.66. The molecule has 0 spiro atoms. The van der Waals surface area contributed by atoms with E-state index in [2.05, 4.69) is 5.32 Å². The quantitative estimate of drug-likeness (QED) is 0.663. The fourth-order valence-corrected chi connectivity index (χ4v) is 3.23. The number of methoxy groups -OCH3 is 1. The van der Waals surface area contributed by atoms with Gasteiger partial charge in [0.05, 0.1) is 19.2 Å². The van der Waals surface area contributed by atoms with Gasteiger partial charge in [-0.25, -0.2) is 9.59 Å². The lowest BCUT2D eigenvalue weighted by Gasteiger charge is -2.25. The molecule has 1 N–H and O–H groups in total. The number of benzene rings is 2. The summed E-state index contributed by atoms with van der Waals surface area (Å²) in [6.45, 7) is 1.96. The van der Waals surface area contributed by atoms with Crippen LogP contribution in [0.3, 0.4) is 0 Å². The number of urea groups is 1. The Labute approximate surface area is 151 Å². The fourth-order valence-electron chi connectivity index (χ4n) is 3.23. The number of ether oxygens (including phenoxy) is 1. The number of carbonyl (C=O) groups is 3. The van der Waals surface area contributed by atoms with E-state index in [-0.39, 0.29) is 12.5 Å². The predicted molar refractivity (Wildman–Crippen MR) is 95.3 cm³/mol. The van der Waals surface area contributed by atoms with Gasteiger partial charge in [0.2, 0.25) is 0 Å². The Morgan fingerprint density at radius 2 is 1.85 bits per heavy atom. The van der Waals surface area contributed by atoms with Crippen molar-refractivity contribution in [3.05, 3.63) is 71.3 Å². The van der Waals surface area contributed by atoms with Crippen LogP contribution in [0.1, 0.15) is 34.8 Å². The van der Waals surface area contributed by atoms with Crippen molar-refractivity contribution in [3.8, 4) is 0 Å². The number of hydrogen-bond donors (Lipinski definition) is 1. The number of rotatable bonds is 5. The Morgan fingerprint density at radius 1 is 1.12 bits per heavy atom. The van der Waals surface area contributed by atoms with E-state index in [9.17, 15) is 14.4 Å². The minimum absolute atomic E-state index is 0.0874. The van der Waals surface area contributed by atoms with Crippen LogP contribution in [-0.4, -0.2) is 29.9 Å². The molecule has 1 saturated heterocycles. The molecule has 0 radical (unpaired) electrons. The summed E-state index contributed by atoms with van der Waals surface area (Å²) in [5.41, 5.74) is 0.753. The van der Waals surface area contributed by atoms with Crippen LogP contribution < -0.4 is 5.32 Å². The minimum Gasteiger partial charge on any atom is -0.465 e. The smallest absolute Gasteiger partial charge is 0.337 e. The SMILES string of the molecule is CC[C@@]1(c2ccccc2)NC(=O)N(Cc2cccc(C(=O)OC)c2)C1=O. The van der Waals surface area contributed by atoms with Gasteiger partial charge >= 0.3 is 12.0 Å². The Balaban J connectivity index is 1.89. The lowest BCUT2D eigenvalue weighted by molar-refractivity contribution is -0.132. The second-order valence-corrected chi connectivity index (χ2v) is 6.14. The summed E-state index contributed by atoms with van der Waals surface area (Å²) in [6.07, 6.45) is 0.445. The van der Waals surface area contributed by atoms with Crippen molar-refractivity contribution in [1.82, 2.24) is 10.2 Å². The van der Waals surface area contributed by atoms with E-state index in [0.29, 0.717) is 17.5 Å². The molecule has 0 aromatic heterocycles. The van der Waals surface area contributed by atoms with Gasteiger partial charge in [-0.3, -0.25) is 9.69 Å². The molecule has 134 valence electrons. The van der Waals surface area contributed by atoms with E-state index in [1.807, 2.05) is 37.3 Å². The Kier molecular flexibility index (Phi) is 4.75. The Morgan fingerprint density at radius 3 is 2.50 bits per heavy atom. The number of esters is 1. The zero-order valence-corrected chi connectivity index (χ0v) is 14.7. The van der Waals surface area contributed by atoms with Crippen molar-refractivity contribution in [2.45, 2.75) is 25.4 Å². The summed E-state index contributed by atoms with van der Waals surface area (Å²) in [5, 5.41) is 2.85. The average molecular weight is 352 g/mol. The van der Waals surface area contributed by atoms with Gasteiger partial charge in [-0.15, -0.1) is 0 Å². The summed E-state index contributed by atoms with van der Waals surface area (Å²) >= 11 is 0. The van der Waals surface area contributed by atoms with E-state index in [1.54, 1.807) is 24.3 Å². The molecule has 6 heteroatoms. The summed E-state index contributed by atoms with van der Waals surface area (Å²) < 4.78 is 4.71. The van der Waals surface area contributed by atoms with Gasteiger partial charge in [0, 0.05) is 0 Å². The van der Waals surface area contributed by atoms with Crippen LogP contribution in [-0.2, 0) is 21.6 Å². The highest BCUT2D eigenvalue weighted by Crippen LogP contribution is 2.33. The molecule has 1 aliphatic heterocycles. The van der Waals surface area contributed by atoms with Gasteiger partial charge in [-0.05, 0) is 29.7 Å². The highest BCUT2D eigenvalue weighted by Gasteiger charge is 2.51. The summed E-state index contributed by atoms with van der Waals surface area (Å²) in [4.78, 5) is 38.5. The maximum Gasteiger partial charge on any atom is 0.337 e. The topological polar surface area (TPSA) is 75.7 Å². The predicted octanol–water partition coefficient (Wildman–Crippen LogP) is 2.83. The number of imide groups is 1. The molecule has 1 aliphatic rings. The van der Waals surface area contributed by atoms with E-state index in [0.717, 1.165) is 5.56 Å². The molecule has 0 bridgehead atoms. The summed E-state index contributed by atoms with van der Waals surface area (Å²) in [6, 6.07) is 15.5. The molecule has 1 atom stereocenters. The van der Waals surface area contributed by atoms with E-state index in [4.69, 9.17) is 4.74 Å². The molecule has 0 aliphatic carbocycles. The van der Waals surface area contributed by atoms with Gasteiger partial charge in [0.1, 0.15) is 5.54 Å². The average Bonchev–Trinajstić information content (AvgIpc) is 2.93. The van der Waals surface area contributed by atoms with Crippen LogP contribution >= 0.6 is 0 Å². The number of nitrogens with zero attached hydrogens (tertiary/aromatic N) is 1. The van der Waals surface area contributed by atoms with Crippen LogP contribution in [0.4, 0.5) is 4.79 Å². The first-order chi connectivity index (χ1) is 12.5. The molecule has 2 aromatic rings. The van der Waals surface area contributed by atoms with Gasteiger partial charge < -0.3 is 10.1 Å². The van der Waals surface area contributed by atoms with Crippen molar-refractivity contribution >= 4 is 17.9 Å². The van der Waals surface area contributed by atoms with Crippen LogP contribution in [0.25, 0.3) is 0 Å². The monoisotopic (exact) mass is 352 g/mol. The van der Waals surface area contributed by atoms with Crippen molar-refractivity contribution < 1.29 is 19.1 Å². The summed E-state index contributed by atoms with van der Waals surface area (Å²) in [7, 11) is 1.31. The van der Waals surface area contributed by atoms with Gasteiger partial charge in [-0.2, -0.15) is 0 Å². The maximum atomic E-state index is 13.1. The normalized spacial score (nSPS) is 19.4. The molecular formula is C20H20N2O4. The third kappa shape index (κ3) is 2.94. The van der Waals surface area contributed by atoms with Crippen molar-refractivity contribution in [2.75, 3.05) is 7.11 Å². The van der Waals surface area contributed by atoms with Crippen LogP contribution in [0.2, 0.25) is 0 Å². The number of carbonyl (C=O) groups excluding carboxylic acids is 3. The standard InChI is InChI=1S/C20H20N2O4/c1-3-20(16-10-5-4-6-11-16)18(24)22(19(25)21-20)13-14-8-7-9-15(12-14)17(23)26-2/h4-12H,3,13H2,1-2H3,(H,21,25)/t20-/m0/s1. The highest BCUT2D eigenvalue weighted by atomic mass is 16.5. The first-order valence-corrected chi connectivity index (χ1v) is 8.38. The van der Waals surface area contributed by atoms with Crippen molar-refractivity contribution in [1.29, 1.82) is 0 Å². The molecule has 1 fully saturated rings. The van der Waals surface area contributed by atoms with E-state index < -0.39 is 17.5 Å². The second kappa shape index (κ2) is 7.00. The second-order valence-electron chi connectivity index (χ2n) is 6.14. The first kappa shape index (κ1) is 17.7. The first-order valence-electron chi connectivity index (χ1n) is 8.38. The molecule has 3 rings (SSSR count). The fraction of sp³-hybridized carbons (Fsp3) is 0.250. The van der Waals surface area contributed by atoms with E-state index in [1.165, 1.54) is 12.0 Å². The lowest BCUT2D eigenvalue weighted by atomic mass is 9.87. The van der Waals surface area contributed by atoms with Crippen LogP contribution in [0, 0.1) is 0 Å². The molecule has 0 saturated carbocycles. The number of amides is 3. The van der Waals surface area contributed by atoms with Crippen LogP contribution in [0.15, 0.2) is 54.6 Å². The minimum atomic E-state index is -1.06. The summed E-state index contributed by atoms with van der Waals surface area (Å²) in [5.74, 6) is -0.754. The molecular weight excluding hydrogens is 332 g/mol. The van der Waals surface area contributed by atoms with Crippen LogP contribution in [0.5, 0.6) is 0 Å². The molecule has 6 nitrogen and oxygen atoms in total. The molecule has 26 heavy (non-hydrogen) atoms. The number of nitrogens with one attached hydrogen (secondary N) is 1. The molecule has 1 heterocycles. The Hall–Kier alpha value is -3.15. The maximum absolute atomic E-state index is 13.1. The highest BCUT2D eigenvalue weighted by molar-refractivity contribution is 6.07. The molecule has 3 amide bonds. The van der Waals surface area contributed by atoms with Gasteiger partial charge in [-0.1, -0.05) is 49.4 Å². The van der Waals surface area contributed by atoms with E-state index >= 15 is 0 Å². The number of hydrogen-bond acceptors (Lipinski definition) is 4. The molecule has 2 aromatic carbocycles. The lowest BCUT2D eigenvalue weighted by Crippen LogP contribution is -2.43. The van der Waals surface area contributed by atoms with Crippen molar-refractivity contribution in [2.24, 2.45) is 0 Å².